The van der Waals surface area contributed by atoms with Crippen LogP contribution in [-0.2, 0) is 16.0 Å². The van der Waals surface area contributed by atoms with Crippen LogP contribution in [0.3, 0.4) is 0 Å². The molecule has 1 aliphatic rings. The van der Waals surface area contributed by atoms with Crippen LogP contribution in [0.15, 0.2) is 53.4 Å². The first-order valence-electron chi connectivity index (χ1n) is 8.90. The number of phenolic OH excluding ortho intramolecular Hbond substituents is 1. The van der Waals surface area contributed by atoms with Crippen LogP contribution in [0, 0.1) is 0 Å². The lowest BCUT2D eigenvalue weighted by atomic mass is 10.1. The summed E-state index contributed by atoms with van der Waals surface area (Å²) in [7, 11) is 1.59. The summed E-state index contributed by atoms with van der Waals surface area (Å²) in [6.07, 6.45) is 2.38. The molecule has 2 aromatic carbocycles. The number of carbonyl (C=O) groups is 2. The number of rotatable bonds is 7. The normalized spacial score (nSPS) is 15.1. The van der Waals surface area contributed by atoms with Crippen LogP contribution in [-0.4, -0.2) is 46.3 Å². The van der Waals surface area contributed by atoms with Crippen LogP contribution in [0.4, 0.5) is 0 Å². The van der Waals surface area contributed by atoms with Crippen LogP contribution in [0.5, 0.6) is 11.5 Å². The second kappa shape index (κ2) is 9.58. The van der Waals surface area contributed by atoms with Crippen LogP contribution in [0.25, 0.3) is 6.08 Å². The molecule has 29 heavy (non-hydrogen) atoms. The van der Waals surface area contributed by atoms with Gasteiger partial charge in [0.05, 0.1) is 12.0 Å². The van der Waals surface area contributed by atoms with Crippen LogP contribution < -0.4 is 10.1 Å². The van der Waals surface area contributed by atoms with E-state index < -0.39 is 0 Å². The molecule has 0 aliphatic carbocycles. The number of nitrogens with one attached hydrogen (secondary N) is 1. The minimum absolute atomic E-state index is 0.111. The Hall–Kier alpha value is -2.84. The standard InChI is InChI=1S/C21H20N2O4S2/c1-27-17-8-4-15(5-9-17)12-18-20(26)23(21(28)29-18)13-19(25)22-11-10-14-2-6-16(24)7-3-14/h2-9,12,24H,10-11,13H2,1H3,(H,22,25)/b18-12+. The zero-order valence-electron chi connectivity index (χ0n) is 15.8. The maximum absolute atomic E-state index is 12.6. The van der Waals surface area contributed by atoms with Crippen LogP contribution in [0.1, 0.15) is 11.1 Å². The molecule has 8 heteroatoms. The quantitative estimate of drug-likeness (QED) is 0.522. The number of hydrogen-bond acceptors (Lipinski definition) is 6. The zero-order valence-corrected chi connectivity index (χ0v) is 17.4. The third-order valence-corrected chi connectivity index (χ3v) is 5.64. The van der Waals surface area contributed by atoms with Gasteiger partial charge in [-0.2, -0.15) is 0 Å². The molecule has 1 fully saturated rings. The molecule has 0 unspecified atom stereocenters. The third kappa shape index (κ3) is 5.58. The van der Waals surface area contributed by atoms with Crippen molar-refractivity contribution in [3.05, 3.63) is 64.6 Å². The predicted octanol–water partition coefficient (Wildman–Crippen LogP) is 2.96. The number of phenols is 1. The van der Waals surface area contributed by atoms with Crippen LogP contribution in [0.2, 0.25) is 0 Å². The van der Waals surface area contributed by atoms with E-state index in [0.29, 0.717) is 22.2 Å². The Morgan fingerprint density at radius 1 is 1.21 bits per heavy atom. The lowest BCUT2D eigenvalue weighted by Crippen LogP contribution is -2.40. The molecule has 2 amide bonds. The van der Waals surface area contributed by atoms with Crippen molar-refractivity contribution in [1.29, 1.82) is 0 Å². The van der Waals surface area contributed by atoms with Gasteiger partial charge >= 0.3 is 0 Å². The summed E-state index contributed by atoms with van der Waals surface area (Å²) >= 11 is 6.46. The fraction of sp³-hybridized carbons (Fsp3) is 0.190. The van der Waals surface area contributed by atoms with Crippen LogP contribution >= 0.6 is 24.0 Å². The number of benzene rings is 2. The maximum Gasteiger partial charge on any atom is 0.266 e. The number of hydrogen-bond donors (Lipinski definition) is 2. The van der Waals surface area contributed by atoms with Crippen molar-refractivity contribution in [3.8, 4) is 11.5 Å². The van der Waals surface area contributed by atoms with Gasteiger partial charge in [0, 0.05) is 6.54 Å². The molecule has 1 heterocycles. The minimum Gasteiger partial charge on any atom is -0.508 e. The van der Waals surface area contributed by atoms with Crippen molar-refractivity contribution in [2.75, 3.05) is 20.2 Å². The predicted molar refractivity (Wildman–Crippen MR) is 118 cm³/mol. The molecule has 2 aromatic rings. The van der Waals surface area contributed by atoms with Gasteiger partial charge in [-0.25, -0.2) is 0 Å². The molecule has 1 aliphatic heterocycles. The van der Waals surface area contributed by atoms with E-state index >= 15 is 0 Å². The Morgan fingerprint density at radius 3 is 2.55 bits per heavy atom. The third-order valence-electron chi connectivity index (χ3n) is 4.26. The molecule has 6 nitrogen and oxygen atoms in total. The van der Waals surface area contributed by atoms with Gasteiger partial charge in [0.1, 0.15) is 22.4 Å². The van der Waals surface area contributed by atoms with Gasteiger partial charge in [-0.15, -0.1) is 0 Å². The van der Waals surface area contributed by atoms with Crippen molar-refractivity contribution in [3.63, 3.8) is 0 Å². The van der Waals surface area contributed by atoms with Crippen molar-refractivity contribution in [2.45, 2.75) is 6.42 Å². The summed E-state index contributed by atoms with van der Waals surface area (Å²) < 4.78 is 5.49. The van der Waals surface area contributed by atoms with Gasteiger partial charge in [-0.3, -0.25) is 14.5 Å². The molecule has 150 valence electrons. The second-order valence-corrected chi connectivity index (χ2v) is 7.98. The highest BCUT2D eigenvalue weighted by Crippen LogP contribution is 2.32. The van der Waals surface area contributed by atoms with E-state index in [-0.39, 0.29) is 24.1 Å². The average Bonchev–Trinajstić information content (AvgIpc) is 2.97. The summed E-state index contributed by atoms with van der Waals surface area (Å²) in [5.41, 5.74) is 1.85. The van der Waals surface area contributed by atoms with Gasteiger partial charge in [0.2, 0.25) is 5.91 Å². The van der Waals surface area contributed by atoms with E-state index in [4.69, 9.17) is 17.0 Å². The molecule has 0 bridgehead atoms. The van der Waals surface area contributed by atoms with E-state index in [1.807, 2.05) is 24.3 Å². The average molecular weight is 429 g/mol. The lowest BCUT2D eigenvalue weighted by molar-refractivity contribution is -0.128. The summed E-state index contributed by atoms with van der Waals surface area (Å²) in [4.78, 5) is 26.6. The van der Waals surface area contributed by atoms with E-state index in [1.165, 1.54) is 16.7 Å². The topological polar surface area (TPSA) is 78.9 Å². The number of thioether (sulfide) groups is 1. The highest BCUT2D eigenvalue weighted by molar-refractivity contribution is 8.26. The fourth-order valence-corrected chi connectivity index (χ4v) is 3.95. The zero-order chi connectivity index (χ0) is 20.8. The lowest BCUT2D eigenvalue weighted by Gasteiger charge is -2.14. The van der Waals surface area contributed by atoms with Crippen molar-refractivity contribution >= 4 is 46.2 Å². The largest absolute Gasteiger partial charge is 0.508 e. The number of amides is 2. The molecule has 0 spiro atoms. The Kier molecular flexibility index (Phi) is 6.90. The fourth-order valence-electron chi connectivity index (χ4n) is 2.70. The Balaban J connectivity index is 1.54. The number of methoxy groups -OCH3 is 1. The number of aromatic hydroxyl groups is 1. The molecule has 1 saturated heterocycles. The first-order chi connectivity index (χ1) is 14.0. The molecule has 0 radical (unpaired) electrons. The van der Waals surface area contributed by atoms with Gasteiger partial charge in [0.15, 0.2) is 0 Å². The van der Waals surface area contributed by atoms with E-state index in [9.17, 15) is 14.7 Å². The summed E-state index contributed by atoms with van der Waals surface area (Å²) in [5, 5.41) is 12.1. The van der Waals surface area contributed by atoms with Crippen molar-refractivity contribution in [2.24, 2.45) is 0 Å². The maximum atomic E-state index is 12.6. The van der Waals surface area contributed by atoms with Gasteiger partial charge in [-0.05, 0) is 47.9 Å². The second-order valence-electron chi connectivity index (χ2n) is 6.31. The first-order valence-corrected chi connectivity index (χ1v) is 10.1. The number of thiocarbonyl (C=S) groups is 1. The highest BCUT2D eigenvalue weighted by atomic mass is 32.2. The van der Waals surface area contributed by atoms with E-state index in [0.717, 1.165) is 16.9 Å². The number of nitrogens with zero attached hydrogens (tertiary/aromatic N) is 1. The van der Waals surface area contributed by atoms with E-state index in [2.05, 4.69) is 5.32 Å². The minimum atomic E-state index is -0.274. The van der Waals surface area contributed by atoms with Crippen molar-refractivity contribution < 1.29 is 19.4 Å². The molecule has 0 saturated carbocycles. The molecule has 0 atom stereocenters. The summed E-state index contributed by atoms with van der Waals surface area (Å²) in [6, 6.07) is 14.1. The summed E-state index contributed by atoms with van der Waals surface area (Å²) in [6.45, 7) is 0.320. The Morgan fingerprint density at radius 2 is 1.90 bits per heavy atom. The Bertz CT molecular complexity index is 940. The smallest absolute Gasteiger partial charge is 0.266 e. The monoisotopic (exact) mass is 428 g/mol. The van der Waals surface area contributed by atoms with E-state index in [1.54, 1.807) is 37.5 Å². The molecular formula is C21H20N2O4S2. The molecule has 0 aromatic heterocycles. The number of ether oxygens (including phenoxy) is 1. The van der Waals surface area contributed by atoms with Crippen molar-refractivity contribution in [1.82, 2.24) is 10.2 Å². The van der Waals surface area contributed by atoms with Gasteiger partial charge in [0.25, 0.3) is 5.91 Å². The number of carbonyl (C=O) groups excluding carboxylic acids is 2. The summed E-state index contributed by atoms with van der Waals surface area (Å²) in [5.74, 6) is 0.392. The Labute approximate surface area is 178 Å². The first kappa shape index (κ1) is 20.9. The SMILES string of the molecule is COc1ccc(/C=C2/SC(=S)N(CC(=O)NCCc3ccc(O)cc3)C2=O)cc1. The molecular weight excluding hydrogens is 408 g/mol. The molecule has 3 rings (SSSR count). The van der Waals surface area contributed by atoms with Gasteiger partial charge in [-0.1, -0.05) is 48.2 Å². The molecule has 2 N–H and O–H groups in total. The van der Waals surface area contributed by atoms with Gasteiger partial charge < -0.3 is 15.2 Å². The highest BCUT2D eigenvalue weighted by Gasteiger charge is 2.33.